The van der Waals surface area contributed by atoms with E-state index in [0.717, 1.165) is 30.2 Å². The molecule has 1 heterocycles. The number of nitrogens with two attached hydrogens (primary N) is 1. The molecule has 1 aromatic heterocycles. The number of rotatable bonds is 6. The quantitative estimate of drug-likeness (QED) is 0.755. The summed E-state index contributed by atoms with van der Waals surface area (Å²) in [6, 6.07) is 0. The van der Waals surface area contributed by atoms with Crippen LogP contribution in [0.2, 0.25) is 0 Å². The highest BCUT2D eigenvalue weighted by Crippen LogP contribution is 2.27. The summed E-state index contributed by atoms with van der Waals surface area (Å²) < 4.78 is 12.7. The number of aromatic nitrogens is 2. The molecule has 1 unspecified atom stereocenters. The molecule has 0 spiro atoms. The fourth-order valence-electron chi connectivity index (χ4n) is 1.68. The van der Waals surface area contributed by atoms with Crippen LogP contribution in [0.3, 0.4) is 0 Å². The van der Waals surface area contributed by atoms with Crippen LogP contribution in [0.15, 0.2) is 0 Å². The number of hydrogen-bond donors (Lipinski definition) is 2. The Morgan fingerprint density at radius 3 is 2.65 bits per heavy atom. The molecule has 1 aromatic rings. The van der Waals surface area contributed by atoms with Gasteiger partial charge in [-0.1, -0.05) is 13.8 Å². The summed E-state index contributed by atoms with van der Waals surface area (Å²) >= 11 is 0. The largest absolute Gasteiger partial charge is 0.394 e. The molecule has 0 radical (unpaired) electrons. The minimum Gasteiger partial charge on any atom is -0.394 e. The molecule has 0 aliphatic carbocycles. The van der Waals surface area contributed by atoms with Crippen molar-refractivity contribution in [1.29, 1.82) is 0 Å². The van der Waals surface area contributed by atoms with Crippen molar-refractivity contribution in [3.05, 3.63) is 5.69 Å². The summed E-state index contributed by atoms with van der Waals surface area (Å²) in [5.41, 5.74) is 7.69. The van der Waals surface area contributed by atoms with Crippen molar-refractivity contribution >= 4 is 22.3 Å². The van der Waals surface area contributed by atoms with E-state index < -0.39 is 10.8 Å². The fraction of sp³-hybridized carbons (Fsp3) is 0.727. The standard InChI is InChI=1S/C11H22N4OS/c1-8(2)10-9(12)11(15(3)14-10)13-6-5-7-17(4)16/h8,13H,5-7,12H2,1-4H3. The van der Waals surface area contributed by atoms with Crippen LogP contribution in [0.1, 0.15) is 31.9 Å². The van der Waals surface area contributed by atoms with E-state index >= 15 is 0 Å². The van der Waals surface area contributed by atoms with Gasteiger partial charge in [0, 0.05) is 36.4 Å². The SMILES string of the molecule is CC(C)c1nn(C)c(NCCCS(C)=O)c1N. The summed E-state index contributed by atoms with van der Waals surface area (Å²) in [7, 11) is 1.15. The van der Waals surface area contributed by atoms with E-state index in [-0.39, 0.29) is 0 Å². The third kappa shape index (κ3) is 3.73. The van der Waals surface area contributed by atoms with Gasteiger partial charge in [-0.3, -0.25) is 8.89 Å². The molecule has 0 aliphatic rings. The van der Waals surface area contributed by atoms with Crippen LogP contribution in [0.25, 0.3) is 0 Å². The summed E-state index contributed by atoms with van der Waals surface area (Å²) in [4.78, 5) is 0. The van der Waals surface area contributed by atoms with Crippen molar-refractivity contribution < 1.29 is 4.21 Å². The van der Waals surface area contributed by atoms with E-state index in [1.165, 1.54) is 0 Å². The molecule has 0 saturated heterocycles. The van der Waals surface area contributed by atoms with Gasteiger partial charge >= 0.3 is 0 Å². The molecule has 1 atom stereocenters. The maximum absolute atomic E-state index is 10.9. The Balaban J connectivity index is 2.62. The molecule has 1 rings (SSSR count). The summed E-state index contributed by atoms with van der Waals surface area (Å²) in [5, 5.41) is 7.65. The zero-order valence-electron chi connectivity index (χ0n) is 11.0. The summed E-state index contributed by atoms with van der Waals surface area (Å²) in [6.07, 6.45) is 2.58. The van der Waals surface area contributed by atoms with E-state index in [0.29, 0.717) is 11.7 Å². The minimum atomic E-state index is -0.730. The van der Waals surface area contributed by atoms with Gasteiger partial charge in [-0.05, 0) is 12.3 Å². The van der Waals surface area contributed by atoms with Crippen molar-refractivity contribution in [3.63, 3.8) is 0 Å². The topological polar surface area (TPSA) is 72.9 Å². The molecule has 98 valence electrons. The van der Waals surface area contributed by atoms with Crippen LogP contribution in [0.4, 0.5) is 11.5 Å². The van der Waals surface area contributed by atoms with E-state index in [1.807, 2.05) is 7.05 Å². The average Bonchev–Trinajstić information content (AvgIpc) is 2.50. The van der Waals surface area contributed by atoms with Crippen molar-refractivity contribution in [2.75, 3.05) is 29.6 Å². The average molecular weight is 258 g/mol. The van der Waals surface area contributed by atoms with Gasteiger partial charge in [0.25, 0.3) is 0 Å². The Bertz CT molecular complexity index is 400. The summed E-state index contributed by atoms with van der Waals surface area (Å²) in [6.45, 7) is 4.91. The second kappa shape index (κ2) is 6.05. The number of nitrogens with zero attached hydrogens (tertiary/aromatic N) is 2. The van der Waals surface area contributed by atoms with Gasteiger partial charge in [0.05, 0.1) is 11.4 Å². The van der Waals surface area contributed by atoms with Crippen LogP contribution < -0.4 is 11.1 Å². The maximum Gasteiger partial charge on any atom is 0.147 e. The first-order valence-electron chi connectivity index (χ1n) is 5.79. The second-order valence-electron chi connectivity index (χ2n) is 4.48. The smallest absolute Gasteiger partial charge is 0.147 e. The summed E-state index contributed by atoms with van der Waals surface area (Å²) in [5.74, 6) is 1.89. The number of hydrogen-bond acceptors (Lipinski definition) is 4. The van der Waals surface area contributed by atoms with Gasteiger partial charge < -0.3 is 11.1 Å². The van der Waals surface area contributed by atoms with Gasteiger partial charge in [0.1, 0.15) is 5.82 Å². The molecule has 6 heteroatoms. The van der Waals surface area contributed by atoms with Gasteiger partial charge in [-0.2, -0.15) is 5.10 Å². The first-order valence-corrected chi connectivity index (χ1v) is 7.52. The van der Waals surface area contributed by atoms with Gasteiger partial charge in [0.15, 0.2) is 0 Å². The van der Waals surface area contributed by atoms with E-state index in [9.17, 15) is 4.21 Å². The molecular formula is C11H22N4OS. The lowest BCUT2D eigenvalue weighted by atomic mass is 10.1. The first-order chi connectivity index (χ1) is 7.93. The van der Waals surface area contributed by atoms with Crippen LogP contribution in [0.5, 0.6) is 0 Å². The Hall–Kier alpha value is -1.04. The van der Waals surface area contributed by atoms with E-state index in [1.54, 1.807) is 10.9 Å². The number of aryl methyl sites for hydroxylation is 1. The molecule has 0 fully saturated rings. The Labute approximate surface area is 105 Å². The molecular weight excluding hydrogens is 236 g/mol. The predicted molar refractivity (Wildman–Crippen MR) is 73.7 cm³/mol. The Kier molecular flexibility index (Phi) is 4.99. The number of anilines is 2. The molecule has 3 N–H and O–H groups in total. The Morgan fingerprint density at radius 2 is 2.18 bits per heavy atom. The predicted octanol–water partition coefficient (Wildman–Crippen LogP) is 1.31. The van der Waals surface area contributed by atoms with Crippen LogP contribution in [0, 0.1) is 0 Å². The first kappa shape index (κ1) is 14.0. The van der Waals surface area contributed by atoms with Crippen molar-refractivity contribution in [2.24, 2.45) is 7.05 Å². The zero-order valence-corrected chi connectivity index (χ0v) is 11.8. The highest BCUT2D eigenvalue weighted by molar-refractivity contribution is 7.84. The fourth-order valence-corrected chi connectivity index (χ4v) is 2.23. The number of nitrogens with one attached hydrogen (secondary N) is 1. The monoisotopic (exact) mass is 258 g/mol. The van der Waals surface area contributed by atoms with Crippen LogP contribution in [-0.2, 0) is 17.8 Å². The lowest BCUT2D eigenvalue weighted by Gasteiger charge is -2.07. The van der Waals surface area contributed by atoms with Crippen LogP contribution in [-0.4, -0.2) is 32.5 Å². The van der Waals surface area contributed by atoms with Gasteiger partial charge in [0.2, 0.25) is 0 Å². The normalized spacial score (nSPS) is 13.0. The molecule has 5 nitrogen and oxygen atoms in total. The third-order valence-electron chi connectivity index (χ3n) is 2.56. The lowest BCUT2D eigenvalue weighted by Crippen LogP contribution is -2.10. The maximum atomic E-state index is 10.9. The van der Waals surface area contributed by atoms with Crippen LogP contribution >= 0.6 is 0 Å². The zero-order chi connectivity index (χ0) is 13.0. The van der Waals surface area contributed by atoms with Gasteiger partial charge in [-0.15, -0.1) is 0 Å². The lowest BCUT2D eigenvalue weighted by molar-refractivity contribution is 0.684. The highest BCUT2D eigenvalue weighted by Gasteiger charge is 2.15. The van der Waals surface area contributed by atoms with Gasteiger partial charge in [-0.25, -0.2) is 0 Å². The van der Waals surface area contributed by atoms with E-state index in [4.69, 9.17) is 5.73 Å². The molecule has 0 aromatic carbocycles. The third-order valence-corrected chi connectivity index (χ3v) is 3.42. The van der Waals surface area contributed by atoms with Crippen molar-refractivity contribution in [2.45, 2.75) is 26.2 Å². The van der Waals surface area contributed by atoms with Crippen molar-refractivity contribution in [3.8, 4) is 0 Å². The molecule has 0 amide bonds. The number of nitrogen functional groups attached to an aromatic ring is 1. The molecule has 0 bridgehead atoms. The second-order valence-corrected chi connectivity index (χ2v) is 6.04. The van der Waals surface area contributed by atoms with Crippen molar-refractivity contribution in [1.82, 2.24) is 9.78 Å². The Morgan fingerprint density at radius 1 is 1.53 bits per heavy atom. The highest BCUT2D eigenvalue weighted by atomic mass is 32.2. The molecule has 0 aliphatic heterocycles. The van der Waals surface area contributed by atoms with E-state index in [2.05, 4.69) is 24.3 Å². The molecule has 0 saturated carbocycles. The minimum absolute atomic E-state index is 0.319. The molecule has 17 heavy (non-hydrogen) atoms.